The Morgan fingerprint density at radius 3 is 2.62 bits per heavy atom. The molecule has 0 fully saturated rings. The largest absolute Gasteiger partial charge is 0.321 e. The van der Waals surface area contributed by atoms with E-state index in [9.17, 15) is 9.59 Å². The van der Waals surface area contributed by atoms with Gasteiger partial charge in [-0.05, 0) is 37.5 Å². The summed E-state index contributed by atoms with van der Waals surface area (Å²) >= 11 is 1.37. The van der Waals surface area contributed by atoms with Crippen LogP contribution in [0.4, 0.5) is 5.69 Å². The van der Waals surface area contributed by atoms with Crippen LogP contribution in [0.2, 0.25) is 0 Å². The Morgan fingerprint density at radius 2 is 1.88 bits per heavy atom. The first kappa shape index (κ1) is 16.4. The van der Waals surface area contributed by atoms with Crippen LogP contribution >= 0.6 is 11.5 Å². The van der Waals surface area contributed by atoms with E-state index >= 15 is 0 Å². The van der Waals surface area contributed by atoms with E-state index in [1.807, 2.05) is 50.3 Å². The van der Waals surface area contributed by atoms with Crippen LogP contribution in [0, 0.1) is 0 Å². The summed E-state index contributed by atoms with van der Waals surface area (Å²) in [5.41, 5.74) is 3.87. The number of anilines is 1. The first-order valence-electron chi connectivity index (χ1n) is 8.32. The summed E-state index contributed by atoms with van der Waals surface area (Å²) in [7, 11) is 0. The highest BCUT2D eigenvalue weighted by atomic mass is 32.1. The van der Waals surface area contributed by atoms with Gasteiger partial charge in [0.05, 0.1) is 21.6 Å². The summed E-state index contributed by atoms with van der Waals surface area (Å²) in [6, 6.07) is 11.2. The average molecular weight is 360 g/mol. The zero-order chi connectivity index (χ0) is 18.3. The number of nitrogens with zero attached hydrogens (tertiary/aromatic N) is 1. The van der Waals surface area contributed by atoms with Crippen LogP contribution in [0.15, 0.2) is 60.2 Å². The second-order valence-electron chi connectivity index (χ2n) is 5.97. The lowest BCUT2D eigenvalue weighted by atomic mass is 9.86. The van der Waals surface area contributed by atoms with Gasteiger partial charge in [-0.2, -0.15) is 4.37 Å². The molecule has 128 valence electrons. The second-order valence-corrected chi connectivity index (χ2v) is 6.77. The molecule has 4 nitrogen and oxygen atoms in total. The van der Waals surface area contributed by atoms with E-state index in [4.69, 9.17) is 0 Å². The fourth-order valence-corrected chi connectivity index (χ4v) is 4.06. The van der Waals surface area contributed by atoms with Crippen molar-refractivity contribution in [2.45, 2.75) is 13.8 Å². The predicted molar refractivity (Wildman–Crippen MR) is 106 cm³/mol. The van der Waals surface area contributed by atoms with Crippen molar-refractivity contribution in [3.05, 3.63) is 71.3 Å². The van der Waals surface area contributed by atoms with Gasteiger partial charge < -0.3 is 5.32 Å². The van der Waals surface area contributed by atoms with E-state index < -0.39 is 0 Å². The van der Waals surface area contributed by atoms with Crippen molar-refractivity contribution in [1.82, 2.24) is 4.37 Å². The molecule has 1 aliphatic rings. The Labute approximate surface area is 155 Å². The number of ketones is 1. The van der Waals surface area contributed by atoms with Crippen molar-refractivity contribution in [3.63, 3.8) is 0 Å². The summed E-state index contributed by atoms with van der Waals surface area (Å²) in [6.07, 6.45) is 5.30. The maximum atomic E-state index is 13.2. The third kappa shape index (κ3) is 2.40. The van der Waals surface area contributed by atoms with Gasteiger partial charge in [-0.3, -0.25) is 9.59 Å². The lowest BCUT2D eigenvalue weighted by Gasteiger charge is -2.18. The molecule has 0 saturated carbocycles. The zero-order valence-electron chi connectivity index (χ0n) is 14.4. The number of allylic oxidation sites excluding steroid dienone is 2. The number of hydrogen-bond donors (Lipinski definition) is 1. The van der Waals surface area contributed by atoms with E-state index in [1.165, 1.54) is 11.5 Å². The van der Waals surface area contributed by atoms with Crippen molar-refractivity contribution in [2.75, 3.05) is 5.32 Å². The molecule has 4 rings (SSSR count). The molecular formula is C21H16N2O2S. The van der Waals surface area contributed by atoms with Crippen LogP contribution in [-0.2, 0) is 4.79 Å². The van der Waals surface area contributed by atoms with Crippen molar-refractivity contribution in [3.8, 4) is 11.3 Å². The van der Waals surface area contributed by atoms with E-state index in [1.54, 1.807) is 18.2 Å². The minimum atomic E-state index is -0.238. The van der Waals surface area contributed by atoms with Crippen LogP contribution < -0.4 is 5.32 Å². The highest BCUT2D eigenvalue weighted by Gasteiger charge is 2.30. The molecule has 0 radical (unpaired) electrons. The maximum absolute atomic E-state index is 13.2. The van der Waals surface area contributed by atoms with Crippen molar-refractivity contribution in [2.24, 2.45) is 0 Å². The smallest absolute Gasteiger partial charge is 0.255 e. The molecule has 1 amide bonds. The predicted octanol–water partition coefficient (Wildman–Crippen LogP) is 4.97. The van der Waals surface area contributed by atoms with Gasteiger partial charge in [0.15, 0.2) is 5.78 Å². The summed E-state index contributed by atoms with van der Waals surface area (Å²) in [6.45, 7) is 3.67. The molecule has 0 bridgehead atoms. The summed E-state index contributed by atoms with van der Waals surface area (Å²) in [5, 5.41) is 3.72. The number of aromatic nitrogens is 1. The second kappa shape index (κ2) is 6.35. The lowest BCUT2D eigenvalue weighted by Crippen LogP contribution is -2.18. The zero-order valence-corrected chi connectivity index (χ0v) is 15.2. The number of carbonyl (C=O) groups is 2. The number of benzene rings is 2. The van der Waals surface area contributed by atoms with E-state index in [-0.39, 0.29) is 11.7 Å². The average Bonchev–Trinajstić information content (AvgIpc) is 3.09. The summed E-state index contributed by atoms with van der Waals surface area (Å²) in [4.78, 5) is 25.7. The van der Waals surface area contributed by atoms with E-state index in [0.717, 1.165) is 21.3 Å². The minimum Gasteiger partial charge on any atom is -0.321 e. The number of nitrogens with one attached hydrogen (secondary N) is 1. The van der Waals surface area contributed by atoms with Crippen LogP contribution in [0.5, 0.6) is 0 Å². The van der Waals surface area contributed by atoms with Crippen LogP contribution in [0.3, 0.4) is 0 Å². The molecule has 1 aliphatic carbocycles. The molecule has 2 aromatic carbocycles. The first-order chi connectivity index (χ1) is 12.7. The SMILES string of the molecule is C/C=C\C(=C/C)C(=O)Nc1ccc2snc3c2c1C(=O)c1ccccc1-3. The third-order valence-corrected chi connectivity index (χ3v) is 5.27. The number of carbonyl (C=O) groups excluding carboxylic acids is 2. The summed E-state index contributed by atoms with van der Waals surface area (Å²) in [5.74, 6) is -0.320. The van der Waals surface area contributed by atoms with Gasteiger partial charge in [0.25, 0.3) is 5.91 Å². The molecule has 5 heteroatoms. The van der Waals surface area contributed by atoms with Gasteiger partial charge in [-0.15, -0.1) is 0 Å². The third-order valence-electron chi connectivity index (χ3n) is 4.46. The number of hydrogen-bond acceptors (Lipinski definition) is 4. The first-order valence-corrected chi connectivity index (χ1v) is 9.10. The minimum absolute atomic E-state index is 0.0812. The molecule has 0 saturated heterocycles. The van der Waals surface area contributed by atoms with Gasteiger partial charge in [0.2, 0.25) is 0 Å². The van der Waals surface area contributed by atoms with Crippen molar-refractivity contribution in [1.29, 1.82) is 0 Å². The van der Waals surface area contributed by atoms with E-state index in [0.29, 0.717) is 22.4 Å². The molecule has 1 aromatic heterocycles. The van der Waals surface area contributed by atoms with Crippen molar-refractivity contribution < 1.29 is 9.59 Å². The monoisotopic (exact) mass is 360 g/mol. The normalized spacial score (nSPS) is 13.3. The Hall–Kier alpha value is -3.05. The molecule has 26 heavy (non-hydrogen) atoms. The Balaban J connectivity index is 1.89. The fourth-order valence-electron chi connectivity index (χ4n) is 3.26. The molecule has 1 heterocycles. The van der Waals surface area contributed by atoms with E-state index in [2.05, 4.69) is 9.69 Å². The Kier molecular flexibility index (Phi) is 4.01. The van der Waals surface area contributed by atoms with Crippen LogP contribution in [0.25, 0.3) is 21.3 Å². The Bertz CT molecular complexity index is 1120. The molecule has 0 spiro atoms. The van der Waals surface area contributed by atoms with Gasteiger partial charge in [-0.25, -0.2) is 0 Å². The Morgan fingerprint density at radius 1 is 1.12 bits per heavy atom. The number of rotatable bonds is 3. The van der Waals surface area contributed by atoms with Crippen molar-refractivity contribution >= 4 is 39.0 Å². The lowest BCUT2D eigenvalue weighted by molar-refractivity contribution is -0.112. The molecule has 0 unspecified atom stereocenters. The quantitative estimate of drug-likeness (QED) is 0.414. The van der Waals surface area contributed by atoms with Gasteiger partial charge in [0, 0.05) is 22.1 Å². The van der Waals surface area contributed by atoms with Gasteiger partial charge in [0.1, 0.15) is 0 Å². The highest BCUT2D eigenvalue weighted by Crippen LogP contribution is 2.43. The molecule has 3 aromatic rings. The fraction of sp³-hybridized carbons (Fsp3) is 0.0952. The van der Waals surface area contributed by atoms with Gasteiger partial charge in [-0.1, -0.05) is 42.5 Å². The molecule has 1 N–H and O–H groups in total. The number of amides is 1. The standard InChI is InChI=1S/C21H16N2O2S/c1-3-7-12(4-2)21(25)22-15-10-11-16-18-17(15)20(24)14-9-6-5-8-13(14)19(18)23-26-16/h3-11H,1-2H3,(H,22,25)/b7-3-,12-4+. The van der Waals surface area contributed by atoms with Crippen LogP contribution in [0.1, 0.15) is 29.8 Å². The highest BCUT2D eigenvalue weighted by molar-refractivity contribution is 7.13. The summed E-state index contributed by atoms with van der Waals surface area (Å²) < 4.78 is 5.50. The maximum Gasteiger partial charge on any atom is 0.255 e. The van der Waals surface area contributed by atoms with Gasteiger partial charge >= 0.3 is 0 Å². The van der Waals surface area contributed by atoms with Crippen LogP contribution in [-0.4, -0.2) is 16.1 Å². The molecular weight excluding hydrogens is 344 g/mol. The molecule has 0 atom stereocenters. The molecule has 0 aliphatic heterocycles. The topological polar surface area (TPSA) is 59.1 Å². The number of fused-ring (bicyclic) bond motifs is 2.